The van der Waals surface area contributed by atoms with Crippen LogP contribution < -0.4 is 5.19 Å². The number of carbonyl (C=O) groups excluding carboxylic acids is 1. The standard InChI is InChI=1S/C29H46O2Si2/c1-24(2)23-26-15-17-27(18-16-26)25(3)29(30)31-19-10-11-20-32(21-12-22-33(4,5)6)28-13-8-7-9-14-28/h7-9,13-18,24-25,32H,10-12,19-23H2,1-6H3/t25-,32?/m1/s1. The number of hydrogen-bond donors (Lipinski definition) is 0. The zero-order valence-corrected chi connectivity index (χ0v) is 24.1. The van der Waals surface area contributed by atoms with Gasteiger partial charge in [0.15, 0.2) is 0 Å². The molecule has 2 aromatic carbocycles. The highest BCUT2D eigenvalue weighted by molar-refractivity contribution is 6.76. The van der Waals surface area contributed by atoms with E-state index in [2.05, 4.69) is 88.1 Å². The minimum Gasteiger partial charge on any atom is -0.465 e. The molecule has 0 fully saturated rings. The minimum absolute atomic E-state index is 0.0985. The maximum Gasteiger partial charge on any atom is 0.313 e. The van der Waals surface area contributed by atoms with Crippen molar-refractivity contribution in [2.45, 2.75) is 90.1 Å². The predicted octanol–water partition coefficient (Wildman–Crippen LogP) is 7.17. The van der Waals surface area contributed by atoms with Crippen molar-refractivity contribution in [2.75, 3.05) is 6.61 Å². The number of benzene rings is 2. The molecule has 4 heteroatoms. The molecule has 0 N–H and O–H groups in total. The van der Waals surface area contributed by atoms with Crippen molar-refractivity contribution in [1.82, 2.24) is 0 Å². The number of unbranched alkanes of at least 4 members (excludes halogenated alkanes) is 1. The molecule has 1 unspecified atom stereocenters. The van der Waals surface area contributed by atoms with Gasteiger partial charge in [-0.3, -0.25) is 4.79 Å². The first-order valence-corrected chi connectivity index (χ1v) is 18.9. The maximum atomic E-state index is 12.6. The van der Waals surface area contributed by atoms with Gasteiger partial charge < -0.3 is 4.74 Å². The Labute approximate surface area is 205 Å². The number of rotatable bonds is 14. The Hall–Kier alpha value is -1.66. The van der Waals surface area contributed by atoms with Crippen molar-refractivity contribution >= 4 is 28.0 Å². The fourth-order valence-electron chi connectivity index (χ4n) is 4.42. The molecule has 2 rings (SSSR count). The minimum atomic E-state index is -0.966. The molecule has 0 aliphatic heterocycles. The van der Waals surface area contributed by atoms with Crippen molar-refractivity contribution in [1.29, 1.82) is 0 Å². The van der Waals surface area contributed by atoms with Gasteiger partial charge in [-0.2, -0.15) is 0 Å². The van der Waals surface area contributed by atoms with E-state index in [0.29, 0.717) is 12.5 Å². The highest BCUT2D eigenvalue weighted by Crippen LogP contribution is 2.20. The summed E-state index contributed by atoms with van der Waals surface area (Å²) in [5.74, 6) is 0.341. The van der Waals surface area contributed by atoms with E-state index in [1.165, 1.54) is 30.1 Å². The lowest BCUT2D eigenvalue weighted by atomic mass is 9.97. The lowest BCUT2D eigenvalue weighted by molar-refractivity contribution is -0.145. The molecule has 0 aliphatic carbocycles. The number of ether oxygens (including phenoxy) is 1. The molecule has 0 radical (unpaired) electrons. The summed E-state index contributed by atoms with van der Waals surface area (Å²) in [5.41, 5.74) is 2.38. The van der Waals surface area contributed by atoms with Gasteiger partial charge in [-0.1, -0.05) is 124 Å². The Kier molecular flexibility index (Phi) is 11.6. The van der Waals surface area contributed by atoms with E-state index in [-0.39, 0.29) is 11.9 Å². The quantitative estimate of drug-likeness (QED) is 0.162. The first-order valence-electron chi connectivity index (χ1n) is 13.0. The van der Waals surface area contributed by atoms with Crippen molar-refractivity contribution in [3.05, 3.63) is 65.7 Å². The lowest BCUT2D eigenvalue weighted by Gasteiger charge is -2.20. The van der Waals surface area contributed by atoms with Gasteiger partial charge in [0.1, 0.15) is 0 Å². The molecular weight excluding hydrogens is 436 g/mol. The molecule has 33 heavy (non-hydrogen) atoms. The third-order valence-corrected chi connectivity index (χ3v) is 11.8. The zero-order chi connectivity index (χ0) is 24.3. The molecule has 0 aliphatic rings. The first-order chi connectivity index (χ1) is 15.7. The van der Waals surface area contributed by atoms with Crippen LogP contribution in [-0.4, -0.2) is 29.4 Å². The van der Waals surface area contributed by atoms with Crippen LogP contribution in [0.4, 0.5) is 0 Å². The summed E-state index contributed by atoms with van der Waals surface area (Å²) in [6.45, 7) is 14.4. The monoisotopic (exact) mass is 482 g/mol. The van der Waals surface area contributed by atoms with Crippen LogP contribution >= 0.6 is 0 Å². The number of carbonyl (C=O) groups is 1. The van der Waals surface area contributed by atoms with Gasteiger partial charge in [-0.15, -0.1) is 0 Å². The second kappa shape index (κ2) is 13.9. The molecule has 0 aromatic heterocycles. The Morgan fingerprint density at radius 2 is 1.52 bits per heavy atom. The highest BCUT2D eigenvalue weighted by Gasteiger charge is 2.19. The predicted molar refractivity (Wildman–Crippen MR) is 149 cm³/mol. The molecule has 0 saturated carbocycles. The van der Waals surface area contributed by atoms with Crippen LogP contribution in [0.1, 0.15) is 57.1 Å². The normalized spacial score (nSPS) is 13.7. The van der Waals surface area contributed by atoms with Gasteiger partial charge in [-0.25, -0.2) is 0 Å². The van der Waals surface area contributed by atoms with E-state index in [1.54, 1.807) is 5.19 Å². The molecule has 2 aromatic rings. The summed E-state index contributed by atoms with van der Waals surface area (Å²) in [4.78, 5) is 12.6. The molecule has 0 spiro atoms. The van der Waals surface area contributed by atoms with Crippen molar-refractivity contribution in [2.24, 2.45) is 5.92 Å². The largest absolute Gasteiger partial charge is 0.465 e. The molecule has 0 heterocycles. The van der Waals surface area contributed by atoms with Gasteiger partial charge in [0.2, 0.25) is 0 Å². The average molecular weight is 483 g/mol. The third-order valence-electron chi connectivity index (χ3n) is 6.42. The second-order valence-electron chi connectivity index (χ2n) is 11.3. The van der Waals surface area contributed by atoms with Crippen molar-refractivity contribution in [3.8, 4) is 0 Å². The average Bonchev–Trinajstić information content (AvgIpc) is 2.77. The fraction of sp³-hybridized carbons (Fsp3) is 0.552. The summed E-state index contributed by atoms with van der Waals surface area (Å²) in [5, 5.41) is 1.60. The van der Waals surface area contributed by atoms with E-state index < -0.39 is 16.9 Å². The van der Waals surface area contributed by atoms with E-state index in [1.807, 2.05) is 6.92 Å². The molecule has 0 saturated heterocycles. The van der Waals surface area contributed by atoms with Crippen molar-refractivity contribution < 1.29 is 9.53 Å². The van der Waals surface area contributed by atoms with Gasteiger partial charge in [0.25, 0.3) is 0 Å². The van der Waals surface area contributed by atoms with Crippen LogP contribution in [0, 0.1) is 5.92 Å². The van der Waals surface area contributed by atoms with Crippen LogP contribution in [0.2, 0.25) is 37.8 Å². The Bertz CT molecular complexity index is 810. The summed E-state index contributed by atoms with van der Waals surface area (Å²) in [6, 6.07) is 23.8. The summed E-state index contributed by atoms with van der Waals surface area (Å²) in [6.07, 6.45) is 4.58. The van der Waals surface area contributed by atoms with Crippen LogP contribution in [0.5, 0.6) is 0 Å². The fourth-order valence-corrected chi connectivity index (χ4v) is 9.30. The van der Waals surface area contributed by atoms with E-state index in [0.717, 1.165) is 24.8 Å². The smallest absolute Gasteiger partial charge is 0.313 e. The third kappa shape index (κ3) is 10.9. The molecule has 2 atom stereocenters. The number of hydrogen-bond acceptors (Lipinski definition) is 2. The lowest BCUT2D eigenvalue weighted by Crippen LogP contribution is -2.30. The van der Waals surface area contributed by atoms with E-state index >= 15 is 0 Å². The molecular formula is C29H46O2Si2. The second-order valence-corrected chi connectivity index (χ2v) is 20.1. The van der Waals surface area contributed by atoms with Crippen LogP contribution in [0.3, 0.4) is 0 Å². The Morgan fingerprint density at radius 1 is 0.879 bits per heavy atom. The van der Waals surface area contributed by atoms with Crippen LogP contribution in [0.25, 0.3) is 0 Å². The first kappa shape index (κ1) is 27.6. The molecule has 2 nitrogen and oxygen atoms in total. The van der Waals surface area contributed by atoms with Gasteiger partial charge in [-0.05, 0) is 36.8 Å². The SMILES string of the molecule is CC(C)Cc1ccc([C@@H](C)C(=O)OCCCC[SiH](CCC[Si](C)(C)C)c2ccccc2)cc1. The Morgan fingerprint density at radius 3 is 2.12 bits per heavy atom. The van der Waals surface area contributed by atoms with Gasteiger partial charge in [0, 0.05) is 8.07 Å². The van der Waals surface area contributed by atoms with Crippen molar-refractivity contribution in [3.63, 3.8) is 0 Å². The van der Waals surface area contributed by atoms with E-state index in [4.69, 9.17) is 4.74 Å². The number of esters is 1. The molecule has 182 valence electrons. The van der Waals surface area contributed by atoms with Crippen LogP contribution in [-0.2, 0) is 16.0 Å². The highest BCUT2D eigenvalue weighted by atomic mass is 28.3. The topological polar surface area (TPSA) is 26.3 Å². The summed E-state index contributed by atoms with van der Waals surface area (Å²) < 4.78 is 5.65. The summed E-state index contributed by atoms with van der Waals surface area (Å²) in [7, 11) is -1.92. The molecule has 0 amide bonds. The zero-order valence-electron chi connectivity index (χ0n) is 21.9. The molecule has 0 bridgehead atoms. The van der Waals surface area contributed by atoms with Gasteiger partial charge >= 0.3 is 5.97 Å². The maximum absolute atomic E-state index is 12.6. The Balaban J connectivity index is 1.76. The van der Waals surface area contributed by atoms with E-state index in [9.17, 15) is 4.79 Å². The van der Waals surface area contributed by atoms with Crippen LogP contribution in [0.15, 0.2) is 54.6 Å². The van der Waals surface area contributed by atoms with Gasteiger partial charge in [0.05, 0.1) is 21.3 Å². The summed E-state index contributed by atoms with van der Waals surface area (Å²) >= 11 is 0.